The third kappa shape index (κ3) is 2.80. The van der Waals surface area contributed by atoms with Crippen molar-refractivity contribution in [1.82, 2.24) is 15.3 Å². The lowest BCUT2D eigenvalue weighted by molar-refractivity contribution is 0.0950. The maximum absolute atomic E-state index is 13.5. The van der Waals surface area contributed by atoms with E-state index < -0.39 is 11.7 Å². The van der Waals surface area contributed by atoms with Crippen LogP contribution in [0.4, 0.5) is 10.2 Å². The molecule has 2 aromatic rings. The minimum Gasteiger partial charge on any atom is -0.381 e. The molecule has 18 heavy (non-hydrogen) atoms. The molecule has 2 heterocycles. The molecule has 0 aromatic carbocycles. The number of nitrogens with two attached hydrogens (primary N) is 1. The van der Waals surface area contributed by atoms with Gasteiger partial charge in [0, 0.05) is 30.7 Å². The van der Waals surface area contributed by atoms with E-state index in [1.807, 2.05) is 5.38 Å². The second kappa shape index (κ2) is 5.54. The zero-order valence-electron chi connectivity index (χ0n) is 9.39. The van der Waals surface area contributed by atoms with E-state index >= 15 is 0 Å². The van der Waals surface area contributed by atoms with Crippen LogP contribution in [0.2, 0.25) is 0 Å². The fourth-order valence-electron chi connectivity index (χ4n) is 1.39. The van der Waals surface area contributed by atoms with Gasteiger partial charge >= 0.3 is 0 Å². The molecule has 1 amide bonds. The largest absolute Gasteiger partial charge is 0.381 e. The van der Waals surface area contributed by atoms with Crippen molar-refractivity contribution < 1.29 is 9.18 Å². The highest BCUT2D eigenvalue weighted by Gasteiger charge is 2.13. The fourth-order valence-corrected chi connectivity index (χ4v) is 2.01. The van der Waals surface area contributed by atoms with E-state index in [0.717, 1.165) is 5.01 Å². The van der Waals surface area contributed by atoms with E-state index in [4.69, 9.17) is 5.73 Å². The second-order valence-corrected chi connectivity index (χ2v) is 4.47. The molecule has 7 heteroatoms. The minimum atomic E-state index is -0.788. The molecule has 0 bridgehead atoms. The van der Waals surface area contributed by atoms with Crippen LogP contribution in [0.15, 0.2) is 23.8 Å². The summed E-state index contributed by atoms with van der Waals surface area (Å²) in [4.78, 5) is 19.3. The molecule has 0 fully saturated rings. The second-order valence-electron chi connectivity index (χ2n) is 3.49. The molecular formula is C11H11FN4OS. The van der Waals surface area contributed by atoms with Gasteiger partial charge in [-0.2, -0.15) is 0 Å². The van der Waals surface area contributed by atoms with Gasteiger partial charge in [0.25, 0.3) is 5.91 Å². The van der Waals surface area contributed by atoms with Gasteiger partial charge in [-0.3, -0.25) is 4.79 Å². The number of amides is 1. The molecular weight excluding hydrogens is 255 g/mol. The fraction of sp³-hybridized carbons (Fsp3) is 0.182. The van der Waals surface area contributed by atoms with Gasteiger partial charge in [-0.05, 0) is 6.07 Å². The first-order chi connectivity index (χ1) is 8.68. The molecule has 0 radical (unpaired) electrons. The van der Waals surface area contributed by atoms with Gasteiger partial charge in [0.15, 0.2) is 11.6 Å². The molecule has 94 valence electrons. The summed E-state index contributed by atoms with van der Waals surface area (Å²) in [6.45, 7) is 0.397. The van der Waals surface area contributed by atoms with E-state index in [2.05, 4.69) is 15.3 Å². The third-order valence-corrected chi connectivity index (χ3v) is 3.11. The van der Waals surface area contributed by atoms with Crippen molar-refractivity contribution in [3.8, 4) is 0 Å². The Morgan fingerprint density at radius 1 is 1.44 bits per heavy atom. The summed E-state index contributed by atoms with van der Waals surface area (Å²) < 4.78 is 13.5. The standard InChI is InChI=1S/C11H11FN4OS/c12-9-7(1-3-15-10(9)13)11(17)16-4-2-8-14-5-6-18-8/h1,3,5-6H,2,4H2,(H2,13,15)(H,16,17). The summed E-state index contributed by atoms with van der Waals surface area (Å²) in [5, 5.41) is 5.39. The van der Waals surface area contributed by atoms with Crippen LogP contribution in [0.5, 0.6) is 0 Å². The number of aromatic nitrogens is 2. The van der Waals surface area contributed by atoms with Crippen LogP contribution in [0.3, 0.4) is 0 Å². The summed E-state index contributed by atoms with van der Waals surface area (Å²) in [7, 11) is 0. The van der Waals surface area contributed by atoms with Crippen molar-refractivity contribution in [2.45, 2.75) is 6.42 Å². The summed E-state index contributed by atoms with van der Waals surface area (Å²) in [6.07, 6.45) is 3.62. The highest BCUT2D eigenvalue weighted by atomic mass is 32.1. The monoisotopic (exact) mass is 266 g/mol. The van der Waals surface area contributed by atoms with Crippen LogP contribution in [0.25, 0.3) is 0 Å². The van der Waals surface area contributed by atoms with Crippen molar-refractivity contribution in [1.29, 1.82) is 0 Å². The number of nitrogens with zero attached hydrogens (tertiary/aromatic N) is 2. The normalized spacial score (nSPS) is 10.3. The van der Waals surface area contributed by atoms with Crippen LogP contribution in [0.1, 0.15) is 15.4 Å². The van der Waals surface area contributed by atoms with Gasteiger partial charge < -0.3 is 11.1 Å². The van der Waals surface area contributed by atoms with E-state index in [-0.39, 0.29) is 11.4 Å². The Morgan fingerprint density at radius 2 is 2.28 bits per heavy atom. The molecule has 0 aliphatic heterocycles. The number of hydrogen-bond acceptors (Lipinski definition) is 5. The number of carbonyl (C=O) groups excluding carboxylic acids is 1. The maximum atomic E-state index is 13.5. The number of carbonyl (C=O) groups is 1. The van der Waals surface area contributed by atoms with Gasteiger partial charge in [0.05, 0.1) is 10.6 Å². The SMILES string of the molecule is Nc1nccc(C(=O)NCCc2nccs2)c1F. The third-order valence-electron chi connectivity index (χ3n) is 2.27. The zero-order valence-corrected chi connectivity index (χ0v) is 10.2. The van der Waals surface area contributed by atoms with Gasteiger partial charge in [-0.25, -0.2) is 14.4 Å². The lowest BCUT2D eigenvalue weighted by Gasteiger charge is -2.05. The molecule has 0 unspecified atom stereocenters. The van der Waals surface area contributed by atoms with E-state index in [1.165, 1.54) is 23.6 Å². The number of rotatable bonds is 4. The number of pyridine rings is 1. The number of halogens is 1. The van der Waals surface area contributed by atoms with E-state index in [1.54, 1.807) is 6.20 Å². The van der Waals surface area contributed by atoms with Crippen LogP contribution < -0.4 is 11.1 Å². The van der Waals surface area contributed by atoms with Crippen LogP contribution in [-0.4, -0.2) is 22.4 Å². The lowest BCUT2D eigenvalue weighted by Crippen LogP contribution is -2.27. The van der Waals surface area contributed by atoms with Crippen molar-refractivity contribution in [2.24, 2.45) is 0 Å². The molecule has 0 saturated carbocycles. The first-order valence-corrected chi connectivity index (χ1v) is 6.13. The zero-order chi connectivity index (χ0) is 13.0. The Hall–Kier alpha value is -2.02. The smallest absolute Gasteiger partial charge is 0.254 e. The van der Waals surface area contributed by atoms with Crippen molar-refractivity contribution in [3.05, 3.63) is 40.2 Å². The predicted molar refractivity (Wildman–Crippen MR) is 66.8 cm³/mol. The van der Waals surface area contributed by atoms with Gasteiger partial charge in [0.2, 0.25) is 0 Å². The first-order valence-electron chi connectivity index (χ1n) is 5.25. The number of thiazole rings is 1. The molecule has 2 aromatic heterocycles. The van der Waals surface area contributed by atoms with Gasteiger partial charge in [-0.1, -0.05) is 0 Å². The Morgan fingerprint density at radius 3 is 3.00 bits per heavy atom. The van der Waals surface area contributed by atoms with Crippen LogP contribution in [0, 0.1) is 5.82 Å². The molecule has 0 atom stereocenters. The summed E-state index contributed by atoms with van der Waals surface area (Å²) >= 11 is 1.51. The molecule has 0 aliphatic rings. The average molecular weight is 266 g/mol. The Bertz CT molecular complexity index is 544. The number of anilines is 1. The first kappa shape index (κ1) is 12.4. The molecule has 3 N–H and O–H groups in total. The van der Waals surface area contributed by atoms with Gasteiger partial charge in [-0.15, -0.1) is 11.3 Å². The van der Waals surface area contributed by atoms with Crippen molar-refractivity contribution in [2.75, 3.05) is 12.3 Å². The number of nitrogens with one attached hydrogen (secondary N) is 1. The quantitative estimate of drug-likeness (QED) is 0.872. The molecule has 2 rings (SSSR count). The topological polar surface area (TPSA) is 80.9 Å². The van der Waals surface area contributed by atoms with Crippen LogP contribution in [-0.2, 0) is 6.42 Å². The predicted octanol–water partition coefficient (Wildman–Crippen LogP) is 1.23. The van der Waals surface area contributed by atoms with Crippen molar-refractivity contribution >= 4 is 23.1 Å². The minimum absolute atomic E-state index is 0.0957. The molecule has 5 nitrogen and oxygen atoms in total. The number of hydrogen-bond donors (Lipinski definition) is 2. The highest BCUT2D eigenvalue weighted by molar-refractivity contribution is 7.09. The van der Waals surface area contributed by atoms with Crippen molar-refractivity contribution in [3.63, 3.8) is 0 Å². The molecule has 0 saturated heterocycles. The average Bonchev–Trinajstić information content (AvgIpc) is 2.85. The summed E-state index contributed by atoms with van der Waals surface area (Å²) in [5.74, 6) is -1.56. The highest BCUT2D eigenvalue weighted by Crippen LogP contribution is 2.11. The molecule has 0 aliphatic carbocycles. The summed E-state index contributed by atoms with van der Waals surface area (Å²) in [6, 6.07) is 1.30. The van der Waals surface area contributed by atoms with Gasteiger partial charge in [0.1, 0.15) is 0 Å². The molecule has 0 spiro atoms. The van der Waals surface area contributed by atoms with Crippen LogP contribution >= 0.6 is 11.3 Å². The number of nitrogen functional groups attached to an aromatic ring is 1. The summed E-state index contributed by atoms with van der Waals surface area (Å²) in [5.41, 5.74) is 5.19. The Labute approximate surface area is 107 Å². The van der Waals surface area contributed by atoms with E-state index in [0.29, 0.717) is 13.0 Å². The maximum Gasteiger partial charge on any atom is 0.254 e. The Kier molecular flexibility index (Phi) is 3.83. The lowest BCUT2D eigenvalue weighted by atomic mass is 10.2. The Balaban J connectivity index is 1.93. The van der Waals surface area contributed by atoms with E-state index in [9.17, 15) is 9.18 Å².